The Morgan fingerprint density at radius 3 is 1.18 bits per heavy atom. The monoisotopic (exact) mass is 304 g/mol. The first-order chi connectivity index (χ1) is 10.3. The Morgan fingerprint density at radius 1 is 0.636 bits per heavy atom. The standard InChI is InChI=1S/2C10H16O/c2*1-9(2)5-4-6-10(3)7-8-11/h2*5,7-8H,4,6H2,1-3H3/b10-7-;. The summed E-state index contributed by atoms with van der Waals surface area (Å²) in [5, 5.41) is 0. The normalized spacial score (nSPS) is 11.0. The van der Waals surface area contributed by atoms with Gasteiger partial charge in [-0.25, -0.2) is 0 Å². The Morgan fingerprint density at radius 2 is 0.955 bits per heavy atom. The minimum Gasteiger partial charge on any atom is -0.299 e. The van der Waals surface area contributed by atoms with Crippen molar-refractivity contribution in [2.24, 2.45) is 0 Å². The number of hydrogen-bond donors (Lipinski definition) is 0. The summed E-state index contributed by atoms with van der Waals surface area (Å²) in [4.78, 5) is 20.0. The molecule has 124 valence electrons. The summed E-state index contributed by atoms with van der Waals surface area (Å²) in [6, 6.07) is 0. The Hall–Kier alpha value is -1.70. The van der Waals surface area contributed by atoms with Gasteiger partial charge in [-0.3, -0.25) is 9.59 Å². The molecular formula is C20H32O2. The number of carbonyl (C=O) groups excluding carboxylic acids is 2. The van der Waals surface area contributed by atoms with Crippen LogP contribution in [0.25, 0.3) is 0 Å². The fourth-order valence-corrected chi connectivity index (χ4v) is 1.58. The summed E-state index contributed by atoms with van der Waals surface area (Å²) < 4.78 is 0. The zero-order chi connectivity index (χ0) is 17.4. The summed E-state index contributed by atoms with van der Waals surface area (Å²) in [6.07, 6.45) is 13.4. The lowest BCUT2D eigenvalue weighted by atomic mass is 10.1. The third-order valence-corrected chi connectivity index (χ3v) is 2.89. The number of carbonyl (C=O) groups is 2. The molecule has 0 unspecified atom stereocenters. The van der Waals surface area contributed by atoms with Gasteiger partial charge >= 0.3 is 0 Å². The number of allylic oxidation sites excluding steroid dienone is 8. The lowest BCUT2D eigenvalue weighted by Crippen LogP contribution is -1.77. The molecule has 0 heterocycles. The van der Waals surface area contributed by atoms with E-state index in [1.165, 1.54) is 11.1 Å². The Balaban J connectivity index is 0. The van der Waals surface area contributed by atoms with Crippen molar-refractivity contribution in [3.8, 4) is 0 Å². The van der Waals surface area contributed by atoms with E-state index in [1.807, 2.05) is 13.8 Å². The summed E-state index contributed by atoms with van der Waals surface area (Å²) in [5.41, 5.74) is 4.97. The van der Waals surface area contributed by atoms with Gasteiger partial charge in [0.2, 0.25) is 0 Å². The summed E-state index contributed by atoms with van der Waals surface area (Å²) in [6.45, 7) is 12.3. The molecule has 0 aliphatic heterocycles. The van der Waals surface area contributed by atoms with Gasteiger partial charge in [-0.1, -0.05) is 34.4 Å². The van der Waals surface area contributed by atoms with Gasteiger partial charge < -0.3 is 0 Å². The second-order valence-corrected chi connectivity index (χ2v) is 5.94. The van der Waals surface area contributed by atoms with Crippen molar-refractivity contribution >= 4 is 12.6 Å². The highest BCUT2D eigenvalue weighted by Crippen LogP contribution is 2.05. The zero-order valence-corrected chi connectivity index (χ0v) is 15.1. The van der Waals surface area contributed by atoms with Gasteiger partial charge in [-0.05, 0) is 79.4 Å². The van der Waals surface area contributed by atoms with Gasteiger partial charge in [-0.15, -0.1) is 0 Å². The van der Waals surface area contributed by atoms with Crippen molar-refractivity contribution in [1.29, 1.82) is 0 Å². The van der Waals surface area contributed by atoms with E-state index in [4.69, 9.17) is 0 Å². The maximum atomic E-state index is 10.0. The van der Waals surface area contributed by atoms with E-state index in [2.05, 4.69) is 39.8 Å². The Kier molecular flexibility index (Phi) is 16.1. The average molecular weight is 304 g/mol. The molecule has 0 aromatic carbocycles. The van der Waals surface area contributed by atoms with Crippen molar-refractivity contribution in [3.05, 3.63) is 46.6 Å². The quantitative estimate of drug-likeness (QED) is 0.325. The van der Waals surface area contributed by atoms with E-state index >= 15 is 0 Å². The highest BCUT2D eigenvalue weighted by atomic mass is 16.1. The summed E-state index contributed by atoms with van der Waals surface area (Å²) in [5.74, 6) is 0. The first kappa shape index (κ1) is 22.6. The predicted octanol–water partition coefficient (Wildman–Crippen LogP) is 5.76. The fraction of sp³-hybridized carbons (Fsp3) is 0.500. The highest BCUT2D eigenvalue weighted by Gasteiger charge is 1.87. The van der Waals surface area contributed by atoms with Crippen LogP contribution in [0.2, 0.25) is 0 Å². The van der Waals surface area contributed by atoms with E-state index in [1.54, 1.807) is 12.2 Å². The first-order valence-electron chi connectivity index (χ1n) is 7.82. The lowest BCUT2D eigenvalue weighted by molar-refractivity contribution is -0.104. The minimum atomic E-state index is 0.845. The molecule has 2 heteroatoms. The zero-order valence-electron chi connectivity index (χ0n) is 15.1. The molecule has 0 radical (unpaired) electrons. The number of hydrogen-bond acceptors (Lipinski definition) is 2. The highest BCUT2D eigenvalue weighted by molar-refractivity contribution is 5.66. The molecule has 0 saturated heterocycles. The van der Waals surface area contributed by atoms with Gasteiger partial charge in [0.15, 0.2) is 0 Å². The van der Waals surface area contributed by atoms with Crippen LogP contribution in [-0.4, -0.2) is 12.6 Å². The minimum absolute atomic E-state index is 0.845. The second-order valence-electron chi connectivity index (χ2n) is 5.94. The third-order valence-electron chi connectivity index (χ3n) is 2.89. The molecule has 2 nitrogen and oxygen atoms in total. The van der Waals surface area contributed by atoms with Crippen LogP contribution in [0, 0.1) is 0 Å². The van der Waals surface area contributed by atoms with Crippen LogP contribution < -0.4 is 0 Å². The Labute approximate surface area is 136 Å². The van der Waals surface area contributed by atoms with Crippen molar-refractivity contribution in [1.82, 2.24) is 0 Å². The molecule has 22 heavy (non-hydrogen) atoms. The SMILES string of the molecule is CC(C)=CCC/C(C)=C\C=O.CC(C)=CCCC(C)=CC=O. The summed E-state index contributed by atoms with van der Waals surface area (Å²) in [7, 11) is 0. The van der Waals surface area contributed by atoms with Gasteiger partial charge in [0.05, 0.1) is 0 Å². The van der Waals surface area contributed by atoms with Crippen LogP contribution in [0.1, 0.15) is 67.2 Å². The predicted molar refractivity (Wildman–Crippen MR) is 97.0 cm³/mol. The van der Waals surface area contributed by atoms with E-state index in [-0.39, 0.29) is 0 Å². The van der Waals surface area contributed by atoms with Crippen molar-refractivity contribution in [2.45, 2.75) is 67.2 Å². The molecule has 0 N–H and O–H groups in total. The molecule has 0 bridgehead atoms. The van der Waals surface area contributed by atoms with Crippen LogP contribution in [0.3, 0.4) is 0 Å². The Bertz CT molecular complexity index is 385. The van der Waals surface area contributed by atoms with E-state index < -0.39 is 0 Å². The number of rotatable bonds is 8. The summed E-state index contributed by atoms with van der Waals surface area (Å²) >= 11 is 0. The van der Waals surface area contributed by atoms with E-state index in [0.29, 0.717) is 0 Å². The van der Waals surface area contributed by atoms with Crippen LogP contribution in [0.4, 0.5) is 0 Å². The maximum Gasteiger partial charge on any atom is 0.142 e. The molecule has 0 amide bonds. The maximum absolute atomic E-state index is 10.0. The third kappa shape index (κ3) is 20.6. The molecule has 0 aliphatic carbocycles. The molecular weight excluding hydrogens is 272 g/mol. The van der Waals surface area contributed by atoms with Crippen molar-refractivity contribution in [2.75, 3.05) is 0 Å². The van der Waals surface area contributed by atoms with Crippen LogP contribution in [0.5, 0.6) is 0 Å². The second kappa shape index (κ2) is 15.7. The smallest absolute Gasteiger partial charge is 0.142 e. The van der Waals surface area contributed by atoms with Crippen molar-refractivity contribution in [3.63, 3.8) is 0 Å². The molecule has 0 aliphatic rings. The van der Waals surface area contributed by atoms with Gasteiger partial charge in [0.1, 0.15) is 12.6 Å². The topological polar surface area (TPSA) is 34.1 Å². The van der Waals surface area contributed by atoms with Crippen molar-refractivity contribution < 1.29 is 9.59 Å². The largest absolute Gasteiger partial charge is 0.299 e. The molecule has 0 fully saturated rings. The van der Waals surface area contributed by atoms with Gasteiger partial charge in [-0.2, -0.15) is 0 Å². The molecule has 0 saturated carbocycles. The van der Waals surface area contributed by atoms with Gasteiger partial charge in [0.25, 0.3) is 0 Å². The van der Waals surface area contributed by atoms with E-state index in [9.17, 15) is 9.59 Å². The number of aldehydes is 2. The molecule has 0 aromatic rings. The average Bonchev–Trinajstić information content (AvgIpc) is 2.39. The fourth-order valence-electron chi connectivity index (χ4n) is 1.58. The van der Waals surface area contributed by atoms with Crippen LogP contribution in [0.15, 0.2) is 46.6 Å². The first-order valence-corrected chi connectivity index (χ1v) is 7.82. The van der Waals surface area contributed by atoms with Crippen LogP contribution >= 0.6 is 0 Å². The van der Waals surface area contributed by atoms with Gasteiger partial charge in [0, 0.05) is 0 Å². The van der Waals surface area contributed by atoms with Crippen LogP contribution in [-0.2, 0) is 9.59 Å². The molecule has 0 spiro atoms. The van der Waals surface area contributed by atoms with E-state index in [0.717, 1.165) is 49.4 Å². The molecule has 0 rings (SSSR count). The lowest BCUT2D eigenvalue weighted by Gasteiger charge is -1.94. The molecule has 0 atom stereocenters. The molecule has 0 aromatic heterocycles.